The second-order valence-corrected chi connectivity index (χ2v) is 8.44. The Labute approximate surface area is 192 Å². The summed E-state index contributed by atoms with van der Waals surface area (Å²) in [5, 5.41) is 7.77. The summed E-state index contributed by atoms with van der Waals surface area (Å²) in [4.78, 5) is 25.3. The molecular weight excluding hydrogens is 482 g/mol. The van der Waals surface area contributed by atoms with E-state index in [1.807, 2.05) is 13.0 Å². The van der Waals surface area contributed by atoms with Crippen molar-refractivity contribution in [1.82, 2.24) is 5.43 Å². The molecule has 0 spiro atoms. The van der Waals surface area contributed by atoms with Gasteiger partial charge in [-0.25, -0.2) is 5.43 Å². The molecular formula is C23H19BrClN3O3. The summed E-state index contributed by atoms with van der Waals surface area (Å²) in [7, 11) is 0. The van der Waals surface area contributed by atoms with Crippen LogP contribution in [0, 0.1) is 6.92 Å². The number of nitrogens with one attached hydrogen (secondary N) is 2. The number of hydrazone groups is 1. The number of fused-ring (bicyclic) bond motifs is 1. The summed E-state index contributed by atoms with van der Waals surface area (Å²) in [6, 6.07) is 14.0. The lowest BCUT2D eigenvalue weighted by atomic mass is 9.93. The minimum Gasteiger partial charge on any atom is -0.455 e. The topological polar surface area (TPSA) is 83.7 Å². The maximum Gasteiger partial charge on any atom is 0.291 e. The molecule has 0 atom stereocenters. The predicted molar refractivity (Wildman–Crippen MR) is 124 cm³/mol. The first-order chi connectivity index (χ1) is 14.9. The van der Waals surface area contributed by atoms with Gasteiger partial charge in [-0.1, -0.05) is 23.7 Å². The van der Waals surface area contributed by atoms with E-state index in [9.17, 15) is 9.59 Å². The lowest BCUT2D eigenvalue weighted by Crippen LogP contribution is -2.22. The van der Waals surface area contributed by atoms with Crippen LogP contribution >= 0.6 is 27.5 Å². The highest BCUT2D eigenvalue weighted by Gasteiger charge is 2.28. The normalized spacial score (nSPS) is 14.2. The Balaban J connectivity index is 1.57. The van der Waals surface area contributed by atoms with E-state index in [2.05, 4.69) is 31.8 Å². The minimum absolute atomic E-state index is 0.242. The number of hydrogen-bond donors (Lipinski definition) is 2. The van der Waals surface area contributed by atoms with Gasteiger partial charge in [-0.3, -0.25) is 9.59 Å². The molecule has 2 aromatic carbocycles. The first-order valence-corrected chi connectivity index (χ1v) is 10.9. The van der Waals surface area contributed by atoms with E-state index in [1.165, 1.54) is 0 Å². The molecule has 0 fully saturated rings. The van der Waals surface area contributed by atoms with Gasteiger partial charge in [0.2, 0.25) is 0 Å². The molecule has 1 heterocycles. The van der Waals surface area contributed by atoms with Crippen LogP contribution in [0.2, 0.25) is 5.02 Å². The van der Waals surface area contributed by atoms with Gasteiger partial charge >= 0.3 is 0 Å². The second-order valence-electron chi connectivity index (χ2n) is 7.15. The van der Waals surface area contributed by atoms with Crippen LogP contribution in [0.5, 0.6) is 0 Å². The molecule has 0 saturated carbocycles. The third kappa shape index (κ3) is 4.57. The molecule has 4 rings (SSSR count). The van der Waals surface area contributed by atoms with Gasteiger partial charge in [0.1, 0.15) is 5.76 Å². The van der Waals surface area contributed by atoms with Crippen molar-refractivity contribution < 1.29 is 14.0 Å². The molecule has 1 aliphatic carbocycles. The van der Waals surface area contributed by atoms with Crippen molar-refractivity contribution in [2.45, 2.75) is 26.2 Å². The summed E-state index contributed by atoms with van der Waals surface area (Å²) in [5.41, 5.74) is 5.94. The van der Waals surface area contributed by atoms with Gasteiger partial charge in [0.05, 0.1) is 11.3 Å². The lowest BCUT2D eigenvalue weighted by molar-refractivity contribution is 0.0952. The summed E-state index contributed by atoms with van der Waals surface area (Å²) in [6.07, 6.45) is 2.21. The Kier molecular flexibility index (Phi) is 6.25. The molecule has 0 saturated heterocycles. The highest BCUT2D eigenvalue weighted by molar-refractivity contribution is 9.10. The van der Waals surface area contributed by atoms with Crippen molar-refractivity contribution >= 4 is 50.7 Å². The summed E-state index contributed by atoms with van der Waals surface area (Å²) < 4.78 is 6.59. The SMILES string of the molecule is Cc1c(C(=O)Nc2ccc(Cl)cc2)oc2c1/C(=N/NC(=O)c1ccccc1Br)CCC2. The van der Waals surface area contributed by atoms with Gasteiger partial charge in [-0.15, -0.1) is 0 Å². The van der Waals surface area contributed by atoms with Crippen molar-refractivity contribution in [2.24, 2.45) is 5.10 Å². The van der Waals surface area contributed by atoms with E-state index in [4.69, 9.17) is 16.0 Å². The Bertz CT molecular complexity index is 1190. The van der Waals surface area contributed by atoms with E-state index in [1.54, 1.807) is 42.5 Å². The molecule has 0 aliphatic heterocycles. The molecule has 158 valence electrons. The Morgan fingerprint density at radius 3 is 2.55 bits per heavy atom. The van der Waals surface area contributed by atoms with E-state index >= 15 is 0 Å². The van der Waals surface area contributed by atoms with Crippen LogP contribution in [0.25, 0.3) is 0 Å². The van der Waals surface area contributed by atoms with Crippen molar-refractivity contribution in [3.05, 3.63) is 86.2 Å². The van der Waals surface area contributed by atoms with Crippen LogP contribution < -0.4 is 10.7 Å². The van der Waals surface area contributed by atoms with Crippen LogP contribution in [0.4, 0.5) is 5.69 Å². The van der Waals surface area contributed by atoms with Crippen LogP contribution in [0.3, 0.4) is 0 Å². The van der Waals surface area contributed by atoms with E-state index in [0.29, 0.717) is 50.6 Å². The largest absolute Gasteiger partial charge is 0.455 e. The van der Waals surface area contributed by atoms with Crippen molar-refractivity contribution in [3.8, 4) is 0 Å². The number of nitrogens with zero attached hydrogens (tertiary/aromatic N) is 1. The minimum atomic E-state index is -0.342. The molecule has 0 radical (unpaired) electrons. The summed E-state index contributed by atoms with van der Waals surface area (Å²) >= 11 is 9.27. The first-order valence-electron chi connectivity index (χ1n) is 9.75. The van der Waals surface area contributed by atoms with Gasteiger partial charge in [0, 0.05) is 32.7 Å². The number of halogens is 2. The third-order valence-corrected chi connectivity index (χ3v) is 5.99. The Hall–Kier alpha value is -2.90. The molecule has 31 heavy (non-hydrogen) atoms. The monoisotopic (exact) mass is 499 g/mol. The molecule has 3 aromatic rings. The van der Waals surface area contributed by atoms with Crippen molar-refractivity contribution in [1.29, 1.82) is 0 Å². The fraction of sp³-hybridized carbons (Fsp3) is 0.174. The predicted octanol–water partition coefficient (Wildman–Crippen LogP) is 5.73. The summed E-state index contributed by atoms with van der Waals surface area (Å²) in [5.74, 6) is 0.297. The average molecular weight is 501 g/mol. The number of hydrogen-bond acceptors (Lipinski definition) is 4. The molecule has 1 aromatic heterocycles. The van der Waals surface area contributed by atoms with Crippen LogP contribution in [-0.2, 0) is 6.42 Å². The Morgan fingerprint density at radius 1 is 1.06 bits per heavy atom. The van der Waals surface area contributed by atoms with Gasteiger partial charge in [0.15, 0.2) is 5.76 Å². The zero-order valence-electron chi connectivity index (χ0n) is 16.7. The number of amides is 2. The molecule has 2 amide bonds. The zero-order valence-corrected chi connectivity index (χ0v) is 19.0. The first kappa shape index (κ1) is 21.3. The number of furan rings is 1. The van der Waals surface area contributed by atoms with Gasteiger partial charge in [-0.2, -0.15) is 5.10 Å². The fourth-order valence-corrected chi connectivity index (χ4v) is 4.13. The van der Waals surface area contributed by atoms with E-state index < -0.39 is 0 Å². The number of benzene rings is 2. The number of carbonyl (C=O) groups is 2. The van der Waals surface area contributed by atoms with Crippen LogP contribution in [-0.4, -0.2) is 17.5 Å². The third-order valence-electron chi connectivity index (χ3n) is 5.04. The standard InChI is InChI=1S/C23H19BrClN3O3/c1-13-20-18(27-28-22(29)16-5-2-3-6-17(16)24)7-4-8-19(20)31-21(13)23(30)26-15-11-9-14(25)10-12-15/h2-3,5-6,9-12H,4,7-8H2,1H3,(H,26,30)(H,28,29)/b27-18+. The molecule has 8 heteroatoms. The quantitative estimate of drug-likeness (QED) is 0.449. The van der Waals surface area contributed by atoms with Gasteiger partial charge in [0.25, 0.3) is 11.8 Å². The van der Waals surface area contributed by atoms with Gasteiger partial charge in [-0.05, 0) is 72.1 Å². The van der Waals surface area contributed by atoms with Crippen LogP contribution in [0.15, 0.2) is 62.5 Å². The van der Waals surface area contributed by atoms with Crippen LogP contribution in [0.1, 0.15) is 50.6 Å². The zero-order chi connectivity index (χ0) is 22.0. The summed E-state index contributed by atoms with van der Waals surface area (Å²) in [6.45, 7) is 1.83. The smallest absolute Gasteiger partial charge is 0.291 e. The van der Waals surface area contributed by atoms with Crippen molar-refractivity contribution in [2.75, 3.05) is 5.32 Å². The fourth-order valence-electron chi connectivity index (χ4n) is 3.54. The average Bonchev–Trinajstić information content (AvgIpc) is 3.11. The van der Waals surface area contributed by atoms with Crippen molar-refractivity contribution in [3.63, 3.8) is 0 Å². The number of carbonyl (C=O) groups excluding carboxylic acids is 2. The second kappa shape index (κ2) is 9.08. The molecule has 6 nitrogen and oxygen atoms in total. The molecule has 0 bridgehead atoms. The molecule has 2 N–H and O–H groups in total. The number of aryl methyl sites for hydroxylation is 1. The maximum absolute atomic E-state index is 12.8. The van der Waals surface area contributed by atoms with Gasteiger partial charge < -0.3 is 9.73 Å². The molecule has 1 aliphatic rings. The highest BCUT2D eigenvalue weighted by atomic mass is 79.9. The Morgan fingerprint density at radius 2 is 1.81 bits per heavy atom. The van der Waals surface area contributed by atoms with E-state index in [-0.39, 0.29) is 17.6 Å². The maximum atomic E-state index is 12.8. The number of rotatable bonds is 4. The highest BCUT2D eigenvalue weighted by Crippen LogP contribution is 2.30. The van der Waals surface area contributed by atoms with E-state index in [0.717, 1.165) is 12.0 Å². The lowest BCUT2D eigenvalue weighted by Gasteiger charge is -2.13. The molecule has 0 unspecified atom stereocenters. The number of anilines is 1.